The van der Waals surface area contributed by atoms with Crippen molar-refractivity contribution in [2.75, 3.05) is 7.11 Å². The summed E-state index contributed by atoms with van der Waals surface area (Å²) < 4.78 is 6.62. The molecule has 0 unspecified atom stereocenters. The molecule has 114 valence electrons. The Hall–Kier alpha value is -2.36. The van der Waals surface area contributed by atoms with E-state index < -0.39 is 0 Å². The molecule has 1 aliphatic rings. The molecule has 1 aliphatic heterocycles. The summed E-state index contributed by atoms with van der Waals surface area (Å²) in [5.74, 6) is -0.374. The maximum absolute atomic E-state index is 12.8. The lowest BCUT2D eigenvalue weighted by molar-refractivity contribution is 0.0598. The molecule has 22 heavy (non-hydrogen) atoms. The zero-order valence-corrected chi connectivity index (χ0v) is 12.9. The number of rotatable bonds is 3. The van der Waals surface area contributed by atoms with Crippen molar-refractivity contribution in [1.29, 1.82) is 0 Å². The predicted molar refractivity (Wildman–Crippen MR) is 85.2 cm³/mol. The molecule has 0 spiro atoms. The Morgan fingerprint density at radius 1 is 1.27 bits per heavy atom. The van der Waals surface area contributed by atoms with Gasteiger partial charge in [-0.05, 0) is 36.5 Å². The Labute approximate surface area is 129 Å². The lowest BCUT2D eigenvalue weighted by atomic mass is 9.97. The molecule has 4 nitrogen and oxygen atoms in total. The van der Waals surface area contributed by atoms with E-state index in [0.29, 0.717) is 17.7 Å². The topological polar surface area (TPSA) is 48.3 Å². The fraction of sp³-hybridized carbons (Fsp3) is 0.333. The highest BCUT2D eigenvalue weighted by atomic mass is 16.5. The number of hydrogen-bond donors (Lipinski definition) is 0. The molecule has 0 radical (unpaired) electrons. The smallest absolute Gasteiger partial charge is 0.339 e. The molecule has 1 aromatic heterocycles. The molecule has 0 bridgehead atoms. The van der Waals surface area contributed by atoms with E-state index >= 15 is 0 Å². The molecular formula is C18H19NO3. The SMILES string of the molecule is CCc1ccccc1-c1cc(C(=O)OC)c2n(c1=O)CCC2. The lowest BCUT2D eigenvalue weighted by Gasteiger charge is -2.13. The van der Waals surface area contributed by atoms with Crippen molar-refractivity contribution >= 4 is 5.97 Å². The average molecular weight is 297 g/mol. The first kappa shape index (κ1) is 14.6. The van der Waals surface area contributed by atoms with E-state index in [-0.39, 0.29) is 11.5 Å². The fourth-order valence-corrected chi connectivity index (χ4v) is 3.18. The zero-order chi connectivity index (χ0) is 15.7. The van der Waals surface area contributed by atoms with Gasteiger partial charge in [0.05, 0.1) is 12.7 Å². The van der Waals surface area contributed by atoms with Crippen molar-refractivity contribution in [3.8, 4) is 11.1 Å². The van der Waals surface area contributed by atoms with Gasteiger partial charge in [-0.2, -0.15) is 0 Å². The van der Waals surface area contributed by atoms with Crippen LogP contribution in [0.15, 0.2) is 35.1 Å². The van der Waals surface area contributed by atoms with Crippen molar-refractivity contribution < 1.29 is 9.53 Å². The molecule has 0 saturated heterocycles. The first-order valence-electron chi connectivity index (χ1n) is 7.60. The van der Waals surface area contributed by atoms with E-state index in [1.54, 1.807) is 10.6 Å². The lowest BCUT2D eigenvalue weighted by Crippen LogP contribution is -2.24. The van der Waals surface area contributed by atoms with Crippen LogP contribution in [-0.2, 0) is 24.1 Å². The average Bonchev–Trinajstić information content (AvgIpc) is 3.05. The van der Waals surface area contributed by atoms with Crippen LogP contribution in [0.25, 0.3) is 11.1 Å². The normalized spacial score (nSPS) is 13.0. The molecular weight excluding hydrogens is 278 g/mol. The minimum atomic E-state index is -0.374. The Kier molecular flexibility index (Phi) is 3.84. The third-order valence-electron chi connectivity index (χ3n) is 4.29. The van der Waals surface area contributed by atoms with E-state index in [1.165, 1.54) is 7.11 Å². The molecule has 0 amide bonds. The van der Waals surface area contributed by atoms with Crippen LogP contribution < -0.4 is 5.56 Å². The summed E-state index contributed by atoms with van der Waals surface area (Å²) in [6.07, 6.45) is 2.47. The second-order valence-electron chi connectivity index (χ2n) is 5.48. The highest BCUT2D eigenvalue weighted by Crippen LogP contribution is 2.26. The number of carbonyl (C=O) groups is 1. The van der Waals surface area contributed by atoms with Gasteiger partial charge in [0, 0.05) is 17.8 Å². The van der Waals surface area contributed by atoms with Crippen molar-refractivity contribution in [3.63, 3.8) is 0 Å². The van der Waals surface area contributed by atoms with Crippen molar-refractivity contribution in [1.82, 2.24) is 4.57 Å². The largest absolute Gasteiger partial charge is 0.465 e. The van der Waals surface area contributed by atoms with Gasteiger partial charge in [0.25, 0.3) is 5.56 Å². The predicted octanol–water partition coefficient (Wildman–Crippen LogP) is 2.81. The highest BCUT2D eigenvalue weighted by Gasteiger charge is 2.24. The van der Waals surface area contributed by atoms with Gasteiger partial charge in [-0.3, -0.25) is 4.79 Å². The highest BCUT2D eigenvalue weighted by molar-refractivity contribution is 5.92. The molecule has 0 fully saturated rings. The van der Waals surface area contributed by atoms with Crippen molar-refractivity contribution in [2.45, 2.75) is 32.7 Å². The van der Waals surface area contributed by atoms with E-state index in [1.807, 2.05) is 24.3 Å². The fourth-order valence-electron chi connectivity index (χ4n) is 3.18. The molecule has 4 heteroatoms. The molecule has 2 heterocycles. The maximum atomic E-state index is 12.8. The van der Waals surface area contributed by atoms with Crippen LogP contribution in [-0.4, -0.2) is 17.6 Å². The summed E-state index contributed by atoms with van der Waals surface area (Å²) in [6, 6.07) is 9.56. The van der Waals surface area contributed by atoms with Crippen LogP contribution in [0.1, 0.15) is 35.0 Å². The van der Waals surface area contributed by atoms with Crippen LogP contribution in [0.2, 0.25) is 0 Å². The number of benzene rings is 1. The quantitative estimate of drug-likeness (QED) is 0.819. The first-order valence-corrected chi connectivity index (χ1v) is 7.60. The van der Waals surface area contributed by atoms with Crippen LogP contribution in [0.5, 0.6) is 0 Å². The second kappa shape index (κ2) is 5.79. The number of nitrogens with zero attached hydrogens (tertiary/aromatic N) is 1. The number of esters is 1. The van der Waals surface area contributed by atoms with Gasteiger partial charge in [-0.15, -0.1) is 0 Å². The molecule has 0 N–H and O–H groups in total. The molecule has 3 rings (SSSR count). The number of aromatic nitrogens is 1. The van der Waals surface area contributed by atoms with Crippen LogP contribution in [0.3, 0.4) is 0 Å². The number of methoxy groups -OCH3 is 1. The van der Waals surface area contributed by atoms with E-state index in [0.717, 1.165) is 36.1 Å². The summed E-state index contributed by atoms with van der Waals surface area (Å²) in [5.41, 5.74) is 3.90. The Balaban J connectivity index is 2.29. The Morgan fingerprint density at radius 2 is 2.05 bits per heavy atom. The van der Waals surface area contributed by atoms with E-state index in [4.69, 9.17) is 4.74 Å². The van der Waals surface area contributed by atoms with Crippen LogP contribution in [0.4, 0.5) is 0 Å². The number of aryl methyl sites for hydroxylation is 1. The molecule has 1 aromatic carbocycles. The van der Waals surface area contributed by atoms with Gasteiger partial charge >= 0.3 is 5.97 Å². The maximum Gasteiger partial charge on any atom is 0.339 e. The summed E-state index contributed by atoms with van der Waals surface area (Å²) in [5, 5.41) is 0. The van der Waals surface area contributed by atoms with Gasteiger partial charge in [0.15, 0.2) is 0 Å². The van der Waals surface area contributed by atoms with Gasteiger partial charge < -0.3 is 9.30 Å². The molecule has 0 aliphatic carbocycles. The third-order valence-corrected chi connectivity index (χ3v) is 4.29. The molecule has 0 atom stereocenters. The summed E-state index contributed by atoms with van der Waals surface area (Å²) >= 11 is 0. The number of carbonyl (C=O) groups excluding carboxylic acids is 1. The standard InChI is InChI=1S/C18H19NO3/c1-3-12-7-4-5-8-13(12)14-11-15(18(21)22-2)16-9-6-10-19(16)17(14)20/h4-5,7-8,11H,3,6,9-10H2,1-2H3. The van der Waals surface area contributed by atoms with E-state index in [9.17, 15) is 9.59 Å². The number of ether oxygens (including phenoxy) is 1. The summed E-state index contributed by atoms with van der Waals surface area (Å²) in [7, 11) is 1.37. The monoisotopic (exact) mass is 297 g/mol. The van der Waals surface area contributed by atoms with Crippen molar-refractivity contribution in [2.24, 2.45) is 0 Å². The second-order valence-corrected chi connectivity index (χ2v) is 5.48. The summed E-state index contributed by atoms with van der Waals surface area (Å²) in [4.78, 5) is 24.9. The minimum absolute atomic E-state index is 0.0129. The number of fused-ring (bicyclic) bond motifs is 1. The van der Waals surface area contributed by atoms with Gasteiger partial charge in [-0.1, -0.05) is 31.2 Å². The van der Waals surface area contributed by atoms with Crippen molar-refractivity contribution in [3.05, 3.63) is 57.5 Å². The van der Waals surface area contributed by atoms with Gasteiger partial charge in [0.2, 0.25) is 0 Å². The van der Waals surface area contributed by atoms with Gasteiger partial charge in [0.1, 0.15) is 0 Å². The molecule has 2 aromatic rings. The third kappa shape index (κ3) is 2.25. The zero-order valence-electron chi connectivity index (χ0n) is 12.9. The Morgan fingerprint density at radius 3 is 2.77 bits per heavy atom. The summed E-state index contributed by atoms with van der Waals surface area (Å²) in [6.45, 7) is 2.73. The molecule has 0 saturated carbocycles. The van der Waals surface area contributed by atoms with Gasteiger partial charge in [-0.25, -0.2) is 4.79 Å². The number of hydrogen-bond acceptors (Lipinski definition) is 3. The number of pyridine rings is 1. The van der Waals surface area contributed by atoms with Crippen LogP contribution >= 0.6 is 0 Å². The Bertz CT molecular complexity index is 789. The minimum Gasteiger partial charge on any atom is -0.465 e. The van der Waals surface area contributed by atoms with E-state index in [2.05, 4.69) is 6.92 Å². The van der Waals surface area contributed by atoms with Crippen LogP contribution in [0, 0.1) is 0 Å². The first-order chi connectivity index (χ1) is 10.7.